The number of carbonyl (C=O) groups excluding carboxylic acids is 2. The number of halogens is 1. The molecule has 5 heteroatoms. The zero-order valence-electron chi connectivity index (χ0n) is 8.34. The van der Waals surface area contributed by atoms with Crippen molar-refractivity contribution in [1.29, 1.82) is 0 Å². The molecule has 1 aliphatic rings. The molecule has 0 aromatic carbocycles. The lowest BCUT2D eigenvalue weighted by Crippen LogP contribution is -2.33. The second-order valence-electron chi connectivity index (χ2n) is 3.62. The van der Waals surface area contributed by atoms with Gasteiger partial charge in [-0.15, -0.1) is 0 Å². The molecule has 1 aromatic rings. The van der Waals surface area contributed by atoms with Gasteiger partial charge in [0.05, 0.1) is 11.1 Å². The molecule has 4 nitrogen and oxygen atoms in total. The molecule has 0 unspecified atom stereocenters. The van der Waals surface area contributed by atoms with Gasteiger partial charge in [-0.1, -0.05) is 0 Å². The highest BCUT2D eigenvalue weighted by Crippen LogP contribution is 2.20. The van der Waals surface area contributed by atoms with Crippen molar-refractivity contribution < 1.29 is 9.59 Å². The highest BCUT2D eigenvalue weighted by Gasteiger charge is 2.23. The summed E-state index contributed by atoms with van der Waals surface area (Å²) in [6.07, 6.45) is 0.701. The number of nitrogens with zero attached hydrogens (tertiary/aromatic N) is 1. The zero-order valence-corrected chi connectivity index (χ0v) is 9.93. The van der Waals surface area contributed by atoms with Crippen molar-refractivity contribution in [2.75, 3.05) is 13.1 Å². The van der Waals surface area contributed by atoms with Crippen LogP contribution in [0, 0.1) is 0 Å². The second-order valence-corrected chi connectivity index (χ2v) is 4.48. The van der Waals surface area contributed by atoms with Gasteiger partial charge in [0.25, 0.3) is 0 Å². The maximum absolute atomic E-state index is 11.8. The standard InChI is InChI=1S/C10H11BrN2O2/c1-6(14)13-3-2-8-7(9(15)5-13)4-10(11)12-8/h4,12H,2-3,5H2,1H3. The molecular formula is C10H11BrN2O2. The summed E-state index contributed by atoms with van der Waals surface area (Å²) in [7, 11) is 0. The van der Waals surface area contributed by atoms with E-state index in [0.717, 1.165) is 10.3 Å². The monoisotopic (exact) mass is 270 g/mol. The summed E-state index contributed by atoms with van der Waals surface area (Å²) in [5, 5.41) is 0. The molecule has 2 heterocycles. The Hall–Kier alpha value is -1.10. The minimum Gasteiger partial charge on any atom is -0.352 e. The fourth-order valence-corrected chi connectivity index (χ4v) is 2.23. The lowest BCUT2D eigenvalue weighted by molar-refractivity contribution is -0.128. The molecule has 0 radical (unpaired) electrons. The largest absolute Gasteiger partial charge is 0.352 e. The van der Waals surface area contributed by atoms with Crippen molar-refractivity contribution in [2.24, 2.45) is 0 Å². The Morgan fingerprint density at radius 3 is 3.00 bits per heavy atom. The van der Waals surface area contributed by atoms with E-state index in [0.29, 0.717) is 18.5 Å². The summed E-state index contributed by atoms with van der Waals surface area (Å²) in [4.78, 5) is 27.6. The Labute approximate surface area is 95.8 Å². The van der Waals surface area contributed by atoms with E-state index in [9.17, 15) is 9.59 Å². The van der Waals surface area contributed by atoms with E-state index in [1.54, 1.807) is 11.0 Å². The Morgan fingerprint density at radius 2 is 2.33 bits per heavy atom. The highest BCUT2D eigenvalue weighted by molar-refractivity contribution is 9.10. The van der Waals surface area contributed by atoms with Gasteiger partial charge in [0.15, 0.2) is 5.78 Å². The van der Waals surface area contributed by atoms with E-state index in [4.69, 9.17) is 0 Å². The number of aromatic nitrogens is 1. The van der Waals surface area contributed by atoms with Crippen molar-refractivity contribution in [3.8, 4) is 0 Å². The van der Waals surface area contributed by atoms with Gasteiger partial charge in [-0.2, -0.15) is 0 Å². The first kappa shape index (κ1) is 10.4. The average Bonchev–Trinajstić information content (AvgIpc) is 2.46. The molecule has 0 spiro atoms. The van der Waals surface area contributed by atoms with Crippen molar-refractivity contribution in [3.63, 3.8) is 0 Å². The molecule has 2 rings (SSSR count). The molecule has 1 aliphatic heterocycles. The smallest absolute Gasteiger partial charge is 0.219 e. The predicted molar refractivity (Wildman–Crippen MR) is 58.8 cm³/mol. The summed E-state index contributed by atoms with van der Waals surface area (Å²) in [6.45, 7) is 2.27. The molecule has 0 saturated carbocycles. The van der Waals surface area contributed by atoms with E-state index in [-0.39, 0.29) is 18.2 Å². The predicted octanol–water partition coefficient (Wildman–Crippen LogP) is 1.36. The van der Waals surface area contributed by atoms with Crippen LogP contribution in [0.1, 0.15) is 23.0 Å². The maximum atomic E-state index is 11.8. The zero-order chi connectivity index (χ0) is 11.0. The van der Waals surface area contributed by atoms with Crippen LogP contribution < -0.4 is 0 Å². The number of H-pyrrole nitrogens is 1. The minimum atomic E-state index is -0.0485. The number of amides is 1. The van der Waals surface area contributed by atoms with Gasteiger partial charge < -0.3 is 9.88 Å². The molecule has 0 fully saturated rings. The Bertz CT molecular complexity index is 425. The highest BCUT2D eigenvalue weighted by atomic mass is 79.9. The van der Waals surface area contributed by atoms with Crippen molar-refractivity contribution in [3.05, 3.63) is 21.9 Å². The topological polar surface area (TPSA) is 53.2 Å². The summed E-state index contributed by atoms with van der Waals surface area (Å²) >= 11 is 3.30. The van der Waals surface area contributed by atoms with E-state index >= 15 is 0 Å². The van der Waals surface area contributed by atoms with Crippen LogP contribution in [0.5, 0.6) is 0 Å². The van der Waals surface area contributed by atoms with Gasteiger partial charge in [0, 0.05) is 31.1 Å². The van der Waals surface area contributed by atoms with Gasteiger partial charge in [0.1, 0.15) is 0 Å². The molecule has 0 aliphatic carbocycles. The van der Waals surface area contributed by atoms with Crippen LogP contribution in [0.25, 0.3) is 0 Å². The maximum Gasteiger partial charge on any atom is 0.219 e. The number of fused-ring (bicyclic) bond motifs is 1. The van der Waals surface area contributed by atoms with Gasteiger partial charge in [0.2, 0.25) is 5.91 Å². The first-order chi connectivity index (χ1) is 7.08. The number of ketones is 1. The van der Waals surface area contributed by atoms with Crippen molar-refractivity contribution >= 4 is 27.6 Å². The number of carbonyl (C=O) groups is 2. The molecule has 1 N–H and O–H groups in total. The molecule has 0 atom stereocenters. The van der Waals surface area contributed by atoms with Gasteiger partial charge in [-0.3, -0.25) is 9.59 Å². The Morgan fingerprint density at radius 1 is 1.60 bits per heavy atom. The number of rotatable bonds is 0. The number of hydrogen-bond donors (Lipinski definition) is 1. The van der Waals surface area contributed by atoms with Crippen LogP contribution in [0.3, 0.4) is 0 Å². The third kappa shape index (κ3) is 1.97. The quantitative estimate of drug-likeness (QED) is 0.774. The van der Waals surface area contributed by atoms with Gasteiger partial charge >= 0.3 is 0 Å². The molecule has 15 heavy (non-hydrogen) atoms. The first-order valence-corrected chi connectivity index (χ1v) is 5.53. The molecule has 0 saturated heterocycles. The minimum absolute atomic E-state index is 0.000324. The lowest BCUT2D eigenvalue weighted by Gasteiger charge is -2.16. The third-order valence-electron chi connectivity index (χ3n) is 2.58. The van der Waals surface area contributed by atoms with E-state index in [2.05, 4.69) is 20.9 Å². The number of aromatic amines is 1. The molecule has 1 aromatic heterocycles. The first-order valence-electron chi connectivity index (χ1n) is 4.74. The van der Waals surface area contributed by atoms with Crippen LogP contribution in [0.15, 0.2) is 10.7 Å². The summed E-state index contributed by atoms with van der Waals surface area (Å²) < 4.78 is 0.817. The van der Waals surface area contributed by atoms with Crippen LogP contribution in [0.4, 0.5) is 0 Å². The normalized spacial score (nSPS) is 16.1. The number of nitrogens with one attached hydrogen (secondary N) is 1. The van der Waals surface area contributed by atoms with Crippen molar-refractivity contribution in [2.45, 2.75) is 13.3 Å². The van der Waals surface area contributed by atoms with Crippen LogP contribution in [-0.4, -0.2) is 34.7 Å². The third-order valence-corrected chi connectivity index (χ3v) is 3.01. The SMILES string of the molecule is CC(=O)N1CCc2[nH]c(Br)cc2C(=O)C1. The Balaban J connectivity index is 2.30. The van der Waals surface area contributed by atoms with Crippen LogP contribution in [0.2, 0.25) is 0 Å². The van der Waals surface area contributed by atoms with Gasteiger partial charge in [-0.05, 0) is 22.0 Å². The molecule has 1 amide bonds. The molecule has 0 bridgehead atoms. The van der Waals surface area contributed by atoms with E-state index < -0.39 is 0 Å². The summed E-state index contributed by atoms with van der Waals surface area (Å²) in [6, 6.07) is 1.78. The van der Waals surface area contributed by atoms with Gasteiger partial charge in [-0.25, -0.2) is 0 Å². The number of Topliss-reactive ketones (excluding diaryl/α,β-unsaturated/α-hetero) is 1. The summed E-state index contributed by atoms with van der Waals surface area (Å²) in [5.41, 5.74) is 1.61. The van der Waals surface area contributed by atoms with Crippen molar-refractivity contribution in [1.82, 2.24) is 9.88 Å². The lowest BCUT2D eigenvalue weighted by atomic mass is 10.1. The average molecular weight is 271 g/mol. The Kier molecular flexibility index (Phi) is 2.65. The second kappa shape index (κ2) is 3.81. The number of hydrogen-bond acceptors (Lipinski definition) is 2. The van der Waals surface area contributed by atoms with E-state index in [1.165, 1.54) is 6.92 Å². The molecular weight excluding hydrogens is 260 g/mol. The fourth-order valence-electron chi connectivity index (χ4n) is 1.76. The van der Waals surface area contributed by atoms with E-state index in [1.807, 2.05) is 0 Å². The molecule has 80 valence electrons. The van der Waals surface area contributed by atoms with Crippen LogP contribution in [-0.2, 0) is 11.2 Å². The summed E-state index contributed by atoms with van der Waals surface area (Å²) in [5.74, 6) is -0.0489. The fraction of sp³-hybridized carbons (Fsp3) is 0.400. The van der Waals surface area contributed by atoms with Crippen LogP contribution >= 0.6 is 15.9 Å².